The number of nitrogens with zero attached hydrogens (tertiary/aromatic N) is 1. The van der Waals surface area contributed by atoms with Crippen molar-refractivity contribution in [2.24, 2.45) is 0 Å². The molecule has 1 aromatic rings. The van der Waals surface area contributed by atoms with Gasteiger partial charge in [-0.2, -0.15) is 13.2 Å². The molecular weight excluding hydrogens is 305 g/mol. The molecule has 1 fully saturated rings. The van der Waals surface area contributed by atoms with Gasteiger partial charge < -0.3 is 9.64 Å². The van der Waals surface area contributed by atoms with Crippen molar-refractivity contribution >= 4 is 5.69 Å². The van der Waals surface area contributed by atoms with Gasteiger partial charge in [0.25, 0.3) is 0 Å². The molecule has 7 heteroatoms. The van der Waals surface area contributed by atoms with Crippen molar-refractivity contribution < 1.29 is 26.7 Å². The summed E-state index contributed by atoms with van der Waals surface area (Å²) in [7, 11) is 0. The molecule has 0 aliphatic carbocycles. The van der Waals surface area contributed by atoms with Gasteiger partial charge in [0, 0.05) is 17.8 Å². The van der Waals surface area contributed by atoms with Crippen LogP contribution in [0.25, 0.3) is 0 Å². The van der Waals surface area contributed by atoms with Crippen molar-refractivity contribution in [3.8, 4) is 0 Å². The Labute approximate surface area is 125 Å². The number of hydrogen-bond acceptors (Lipinski definition) is 2. The lowest BCUT2D eigenvalue weighted by Gasteiger charge is -2.38. The van der Waals surface area contributed by atoms with Crippen LogP contribution in [0.1, 0.15) is 31.7 Å². The quantitative estimate of drug-likeness (QED) is 0.771. The minimum Gasteiger partial charge on any atom is -0.377 e. The molecule has 1 atom stereocenters. The highest BCUT2D eigenvalue weighted by molar-refractivity contribution is 5.50. The third-order valence-electron chi connectivity index (χ3n) is 3.67. The zero-order valence-electron chi connectivity index (χ0n) is 12.4. The molecule has 0 bridgehead atoms. The van der Waals surface area contributed by atoms with E-state index in [2.05, 4.69) is 0 Å². The normalized spacial score (nSPS) is 19.8. The van der Waals surface area contributed by atoms with Crippen LogP contribution in [-0.2, 0) is 4.74 Å². The molecule has 0 spiro atoms. The fourth-order valence-electron chi connectivity index (χ4n) is 2.72. The van der Waals surface area contributed by atoms with Crippen molar-refractivity contribution in [2.75, 3.05) is 24.7 Å². The molecule has 0 unspecified atom stereocenters. The second-order valence-electron chi connectivity index (χ2n) is 5.72. The highest BCUT2D eigenvalue weighted by Crippen LogP contribution is 2.32. The van der Waals surface area contributed by atoms with Gasteiger partial charge in [-0.3, -0.25) is 0 Å². The van der Waals surface area contributed by atoms with Crippen LogP contribution in [0.5, 0.6) is 0 Å². The van der Waals surface area contributed by atoms with Gasteiger partial charge >= 0.3 is 6.18 Å². The molecule has 0 saturated carbocycles. The topological polar surface area (TPSA) is 12.5 Å². The number of anilines is 1. The number of hydrogen-bond donors (Lipinski definition) is 0. The van der Waals surface area contributed by atoms with E-state index < -0.39 is 30.3 Å². The Balaban J connectivity index is 2.32. The highest BCUT2D eigenvalue weighted by Gasteiger charge is 2.36. The minimum absolute atomic E-state index is 0.0515. The van der Waals surface area contributed by atoms with Crippen LogP contribution >= 0.6 is 0 Å². The number of alkyl halides is 3. The SMILES string of the molecule is CC(C)c1c(F)cc(N2CCOC[C@@H]2CC(F)(F)F)cc1F. The van der Waals surface area contributed by atoms with Crippen molar-refractivity contribution in [3.63, 3.8) is 0 Å². The monoisotopic (exact) mass is 323 g/mol. The van der Waals surface area contributed by atoms with Gasteiger partial charge in [-0.05, 0) is 18.1 Å². The van der Waals surface area contributed by atoms with Crippen molar-refractivity contribution in [3.05, 3.63) is 29.3 Å². The summed E-state index contributed by atoms with van der Waals surface area (Å²) < 4.78 is 71.1. The molecule has 1 aliphatic heterocycles. The molecule has 0 radical (unpaired) electrons. The van der Waals surface area contributed by atoms with Crippen molar-refractivity contribution in [2.45, 2.75) is 38.4 Å². The maximum Gasteiger partial charge on any atom is 0.391 e. The molecular formula is C15H18F5NO. The third kappa shape index (κ3) is 3.88. The van der Waals surface area contributed by atoms with E-state index in [4.69, 9.17) is 4.74 Å². The zero-order valence-corrected chi connectivity index (χ0v) is 12.4. The molecule has 1 saturated heterocycles. The Hall–Kier alpha value is -1.37. The summed E-state index contributed by atoms with van der Waals surface area (Å²) in [6.45, 7) is 3.59. The molecule has 1 aliphatic rings. The number of rotatable bonds is 3. The van der Waals surface area contributed by atoms with E-state index in [1.54, 1.807) is 13.8 Å². The van der Waals surface area contributed by atoms with E-state index >= 15 is 0 Å². The van der Waals surface area contributed by atoms with Crippen LogP contribution in [0.2, 0.25) is 0 Å². The molecule has 1 aromatic carbocycles. The summed E-state index contributed by atoms with van der Waals surface area (Å²) >= 11 is 0. The lowest BCUT2D eigenvalue weighted by molar-refractivity contribution is -0.143. The molecule has 2 nitrogen and oxygen atoms in total. The van der Waals surface area contributed by atoms with Crippen LogP contribution in [0.4, 0.5) is 27.6 Å². The van der Waals surface area contributed by atoms with E-state index in [9.17, 15) is 22.0 Å². The summed E-state index contributed by atoms with van der Waals surface area (Å²) in [5.74, 6) is -1.81. The fourth-order valence-corrected chi connectivity index (χ4v) is 2.72. The Morgan fingerprint density at radius 3 is 2.32 bits per heavy atom. The molecule has 22 heavy (non-hydrogen) atoms. The van der Waals surface area contributed by atoms with Gasteiger partial charge in [0.15, 0.2) is 0 Å². The van der Waals surface area contributed by atoms with Crippen molar-refractivity contribution in [1.82, 2.24) is 0 Å². The first-order valence-corrected chi connectivity index (χ1v) is 7.09. The van der Waals surface area contributed by atoms with Crippen molar-refractivity contribution in [1.29, 1.82) is 0 Å². The van der Waals surface area contributed by atoms with Gasteiger partial charge in [0.1, 0.15) is 11.6 Å². The molecule has 2 rings (SSSR count). The largest absolute Gasteiger partial charge is 0.391 e. The van der Waals surface area contributed by atoms with E-state index in [0.29, 0.717) is 0 Å². The maximum atomic E-state index is 14.1. The average molecular weight is 323 g/mol. The molecule has 0 N–H and O–H groups in total. The third-order valence-corrected chi connectivity index (χ3v) is 3.67. The van der Waals surface area contributed by atoms with Crippen LogP contribution in [-0.4, -0.2) is 32.0 Å². The van der Waals surface area contributed by atoms with E-state index in [1.165, 1.54) is 4.90 Å². The van der Waals surface area contributed by atoms with Gasteiger partial charge in [-0.1, -0.05) is 13.8 Å². The van der Waals surface area contributed by atoms with Gasteiger partial charge in [-0.15, -0.1) is 0 Å². The number of ether oxygens (including phenoxy) is 1. The molecule has 124 valence electrons. The Morgan fingerprint density at radius 1 is 1.23 bits per heavy atom. The average Bonchev–Trinajstić information content (AvgIpc) is 2.35. The fraction of sp³-hybridized carbons (Fsp3) is 0.600. The smallest absolute Gasteiger partial charge is 0.377 e. The Morgan fingerprint density at radius 2 is 1.82 bits per heavy atom. The summed E-state index contributed by atoms with van der Waals surface area (Å²) in [6.07, 6.45) is -5.44. The lowest BCUT2D eigenvalue weighted by Crippen LogP contribution is -2.47. The summed E-state index contributed by atoms with van der Waals surface area (Å²) in [5.41, 5.74) is 0.0707. The van der Waals surface area contributed by atoms with Crippen LogP contribution in [0.15, 0.2) is 12.1 Å². The predicted octanol–water partition coefficient (Wildman–Crippen LogP) is 4.25. The number of morpholine rings is 1. The molecule has 0 aromatic heterocycles. The van der Waals surface area contributed by atoms with Crippen LogP contribution in [0, 0.1) is 11.6 Å². The molecule has 1 heterocycles. The first kappa shape index (κ1) is 17.0. The zero-order chi connectivity index (χ0) is 16.5. The lowest BCUT2D eigenvalue weighted by atomic mass is 10.0. The summed E-state index contributed by atoms with van der Waals surface area (Å²) in [4.78, 5) is 1.37. The van der Waals surface area contributed by atoms with Gasteiger partial charge in [0.05, 0.1) is 25.7 Å². The molecule has 0 amide bonds. The standard InChI is InChI=1S/C15H18F5NO/c1-9(2)14-12(16)5-10(6-13(14)17)21-3-4-22-8-11(21)7-15(18,19)20/h5-6,9,11H,3-4,7-8H2,1-2H3/t11-/m0/s1. The second-order valence-corrected chi connectivity index (χ2v) is 5.72. The van der Waals surface area contributed by atoms with E-state index in [0.717, 1.165) is 12.1 Å². The summed E-state index contributed by atoms with van der Waals surface area (Å²) in [6, 6.07) is 1.23. The maximum absolute atomic E-state index is 14.1. The van der Waals surface area contributed by atoms with Crippen LogP contribution < -0.4 is 4.90 Å². The van der Waals surface area contributed by atoms with E-state index in [1.807, 2.05) is 0 Å². The van der Waals surface area contributed by atoms with E-state index in [-0.39, 0.29) is 36.9 Å². The van der Waals surface area contributed by atoms with Crippen LogP contribution in [0.3, 0.4) is 0 Å². The second kappa shape index (κ2) is 6.40. The Bertz CT molecular complexity index is 506. The number of benzene rings is 1. The first-order valence-electron chi connectivity index (χ1n) is 7.09. The number of halogens is 5. The summed E-state index contributed by atoms with van der Waals surface area (Å²) in [5, 5.41) is 0. The van der Waals surface area contributed by atoms with Gasteiger partial charge in [0.2, 0.25) is 0 Å². The Kier molecular flexibility index (Phi) is 4.94. The first-order chi connectivity index (χ1) is 10.2. The highest BCUT2D eigenvalue weighted by atomic mass is 19.4. The minimum atomic E-state index is -4.36. The van der Waals surface area contributed by atoms with Gasteiger partial charge in [-0.25, -0.2) is 8.78 Å². The predicted molar refractivity (Wildman–Crippen MR) is 73.1 cm³/mol.